The Bertz CT molecular complexity index is 3770. The van der Waals surface area contributed by atoms with Gasteiger partial charge in [0.15, 0.2) is 23.0 Å². The Morgan fingerprint density at radius 2 is 0.462 bits per heavy atom. The number of ether oxygens (including phenoxy) is 32. The molecular weight excluding hydrogens is 1730 g/mol. The zero-order chi connectivity index (χ0) is 93.2. The van der Waals surface area contributed by atoms with Crippen LogP contribution >= 0.6 is 0 Å². The highest BCUT2D eigenvalue weighted by Crippen LogP contribution is 2.52. The van der Waals surface area contributed by atoms with Gasteiger partial charge < -0.3 is 162 Å². The number of benzene rings is 6. The highest BCUT2D eigenvalue weighted by molar-refractivity contribution is 6.12. The molecular formula is C96H142N2O34. The van der Waals surface area contributed by atoms with E-state index in [2.05, 4.69) is 24.5 Å². The smallest absolute Gasteiger partial charge is 0.255 e. The molecule has 0 spiro atoms. The van der Waals surface area contributed by atoms with E-state index in [0.29, 0.717) is 262 Å². The first kappa shape index (κ1) is 109. The minimum absolute atomic E-state index is 0.0795. The number of amides is 2. The van der Waals surface area contributed by atoms with Gasteiger partial charge in [-0.3, -0.25) is 9.59 Å². The highest BCUT2D eigenvalue weighted by atomic mass is 16.6. The van der Waals surface area contributed by atoms with E-state index in [-0.39, 0.29) is 137 Å². The van der Waals surface area contributed by atoms with E-state index < -0.39 is 11.8 Å². The molecule has 0 radical (unpaired) electrons. The van der Waals surface area contributed by atoms with Gasteiger partial charge >= 0.3 is 0 Å². The molecule has 0 fully saturated rings. The lowest BCUT2D eigenvalue weighted by Gasteiger charge is -2.35. The molecule has 2 aliphatic heterocycles. The Morgan fingerprint density at radius 3 is 0.682 bits per heavy atom. The Balaban J connectivity index is 1.03. The van der Waals surface area contributed by atoms with E-state index in [0.717, 1.165) is 55.3 Å². The van der Waals surface area contributed by atoms with E-state index >= 15 is 0 Å². The van der Waals surface area contributed by atoms with Crippen molar-refractivity contribution in [2.24, 2.45) is 11.8 Å². The Labute approximate surface area is 776 Å². The second-order valence-electron chi connectivity index (χ2n) is 29.6. The van der Waals surface area contributed by atoms with Crippen LogP contribution in [0.2, 0.25) is 0 Å². The molecule has 2 heterocycles. The van der Waals surface area contributed by atoms with Crippen molar-refractivity contribution < 1.29 is 161 Å². The lowest BCUT2D eigenvalue weighted by molar-refractivity contribution is -0.00160. The molecule has 2 unspecified atom stereocenters. The van der Waals surface area contributed by atoms with E-state index in [1.165, 1.54) is 0 Å². The summed E-state index contributed by atoms with van der Waals surface area (Å²) in [5.41, 5.74) is 5.58. The number of carbonyl (C=O) groups is 2. The zero-order valence-corrected chi connectivity index (χ0v) is 78.5. The van der Waals surface area contributed by atoms with Gasteiger partial charge in [-0.25, -0.2) is 0 Å². The number of rotatable bonds is 82. The maximum absolute atomic E-state index is 14.9. The number of hydrogen-bond donors (Lipinski definition) is 2. The predicted octanol–water partition coefficient (Wildman–Crippen LogP) is 9.92. The van der Waals surface area contributed by atoms with Crippen LogP contribution in [0.1, 0.15) is 45.7 Å². The second kappa shape index (κ2) is 69.7. The summed E-state index contributed by atoms with van der Waals surface area (Å²) < 4.78 is 185. The van der Waals surface area contributed by atoms with Gasteiger partial charge in [0.05, 0.1) is 291 Å². The van der Waals surface area contributed by atoms with Gasteiger partial charge in [-0.1, -0.05) is 38.1 Å². The molecule has 0 aromatic heterocycles. The molecule has 0 aliphatic carbocycles. The SMILES string of the molecule is COCCOCCOCCOCCOc1cc(C(=O)Nc2ccc3c4c(ccc3c2)OCC(C)C4=C2c3c(ccc4cc(NC(=O)c5cc(OCCOCCOCCOCCOC)c(OCCOCCOCCOCCOC)c(OCCOCCOCCOCCOC)c5)ccc34)OCC2C)cc(OCCOCCOCCOCCOC)c1OCCOCCOCCOCCOC. The van der Waals surface area contributed by atoms with Gasteiger partial charge in [0.25, 0.3) is 11.8 Å². The van der Waals surface area contributed by atoms with Gasteiger partial charge in [-0.15, -0.1) is 0 Å². The molecule has 2 aliphatic rings. The minimum atomic E-state index is -0.450. The van der Waals surface area contributed by atoms with Crippen LogP contribution in [0.5, 0.6) is 46.0 Å². The monoisotopic (exact) mass is 1870 g/mol. The summed E-state index contributed by atoms with van der Waals surface area (Å²) in [6.45, 7) is 21.6. The van der Waals surface area contributed by atoms with Crippen LogP contribution in [0.3, 0.4) is 0 Å². The van der Waals surface area contributed by atoms with Crippen molar-refractivity contribution in [2.45, 2.75) is 13.8 Å². The van der Waals surface area contributed by atoms with Crippen LogP contribution < -0.4 is 48.5 Å². The average molecular weight is 1870 g/mol. The van der Waals surface area contributed by atoms with Crippen LogP contribution in [0.15, 0.2) is 84.9 Å². The Morgan fingerprint density at radius 1 is 0.258 bits per heavy atom. The molecule has 36 heteroatoms. The fourth-order valence-electron chi connectivity index (χ4n) is 13.3. The van der Waals surface area contributed by atoms with Gasteiger partial charge in [0.1, 0.15) is 51.1 Å². The first-order chi connectivity index (χ1) is 65.1. The van der Waals surface area contributed by atoms with Gasteiger partial charge in [-0.2, -0.15) is 0 Å². The van der Waals surface area contributed by atoms with E-state index in [1.807, 2.05) is 60.7 Å². The fourth-order valence-corrected chi connectivity index (χ4v) is 13.3. The molecule has 36 nitrogen and oxygen atoms in total. The van der Waals surface area contributed by atoms with Crippen molar-refractivity contribution in [2.75, 3.05) is 384 Å². The molecule has 6 aromatic carbocycles. The summed E-state index contributed by atoms with van der Waals surface area (Å²) in [4.78, 5) is 29.8. The summed E-state index contributed by atoms with van der Waals surface area (Å²) in [6, 6.07) is 26.2. The molecule has 132 heavy (non-hydrogen) atoms. The van der Waals surface area contributed by atoms with Gasteiger partial charge in [0, 0.05) is 88.1 Å². The molecule has 2 atom stereocenters. The third kappa shape index (κ3) is 42.1. The van der Waals surface area contributed by atoms with Gasteiger partial charge in [0.2, 0.25) is 11.5 Å². The van der Waals surface area contributed by atoms with Crippen LogP contribution in [-0.2, 0) is 114 Å². The van der Waals surface area contributed by atoms with E-state index in [1.54, 1.807) is 66.9 Å². The molecule has 0 bridgehead atoms. The van der Waals surface area contributed by atoms with Crippen LogP contribution in [0.25, 0.3) is 32.7 Å². The highest BCUT2D eigenvalue weighted by Gasteiger charge is 2.35. The van der Waals surface area contributed by atoms with Crippen molar-refractivity contribution in [3.8, 4) is 46.0 Å². The predicted molar refractivity (Wildman–Crippen MR) is 492 cm³/mol. The van der Waals surface area contributed by atoms with E-state index in [4.69, 9.17) is 152 Å². The molecule has 2 N–H and O–H groups in total. The number of methoxy groups -OCH3 is 6. The van der Waals surface area contributed by atoms with Crippen LogP contribution in [0, 0.1) is 11.8 Å². The summed E-state index contributed by atoms with van der Waals surface area (Å²) in [7, 11) is 9.74. The first-order valence-electron chi connectivity index (χ1n) is 45.3. The minimum Gasteiger partial charge on any atom is -0.492 e. The summed E-state index contributed by atoms with van der Waals surface area (Å²) in [5.74, 6) is 1.82. The molecule has 8 rings (SSSR count). The molecule has 740 valence electrons. The number of fused-ring (bicyclic) bond motifs is 6. The maximum Gasteiger partial charge on any atom is 0.255 e. The standard InChI is InChI=1S/C96H142N2O34/c1-73-71-131-83-15-9-75-65-79(97-95(99)77-67-85(125-59-53-119-47-41-113-35-29-107-23-17-101-3)93(129-63-57-123-51-45-117-39-33-111-27-21-105-7)86(68-77)126-60-54-120-48-42-114-36-30-108-24-18-102-4)11-13-81(75)91(83)89(73)90-74(2)72-132-84-16-10-76-66-80(12-14-82(76)92(84)90)98-96(100)78-69-87(127-61-55-121-49-43-115-37-31-109-25-19-103-5)94(130-64-58-124-52-46-118-40-34-112-28-22-106-8)88(70-78)128-62-56-122-50-44-116-38-32-110-26-20-104-6/h9-16,65-70,73-74H,17-64,71-72H2,1-8H3,(H,97,99)(H,98,100). The average Bonchev–Trinajstić information content (AvgIpc) is 0.728. The molecule has 6 aromatic rings. The van der Waals surface area contributed by atoms with Crippen LogP contribution in [0.4, 0.5) is 11.4 Å². The van der Waals surface area contributed by atoms with Crippen molar-refractivity contribution >= 4 is 55.9 Å². The second-order valence-corrected chi connectivity index (χ2v) is 29.6. The summed E-state index contributed by atoms with van der Waals surface area (Å²) in [5, 5.41) is 9.87. The normalized spacial score (nSPS) is 14.2. The number of carbonyl (C=O) groups excluding carboxylic acids is 2. The third-order valence-corrected chi connectivity index (χ3v) is 19.8. The number of hydrogen-bond acceptors (Lipinski definition) is 34. The van der Waals surface area contributed by atoms with Gasteiger partial charge in [-0.05, 0) is 93.4 Å². The molecule has 0 saturated heterocycles. The van der Waals surface area contributed by atoms with Crippen LogP contribution in [-0.4, -0.2) is 385 Å². The number of nitrogens with one attached hydrogen (secondary N) is 2. The quantitative estimate of drug-likeness (QED) is 0.0335. The fraction of sp³-hybridized carbons (Fsp3) is 0.625. The number of anilines is 2. The molecule has 0 saturated carbocycles. The van der Waals surface area contributed by atoms with Crippen molar-refractivity contribution in [1.29, 1.82) is 0 Å². The largest absolute Gasteiger partial charge is 0.492 e. The molecule has 2 amide bonds. The topological polar surface area (TPSA) is 354 Å². The third-order valence-electron chi connectivity index (χ3n) is 19.8. The first-order valence-corrected chi connectivity index (χ1v) is 45.3. The Hall–Kier alpha value is -8.04. The summed E-state index contributed by atoms with van der Waals surface area (Å²) >= 11 is 0. The van der Waals surface area contributed by atoms with Crippen molar-refractivity contribution in [3.63, 3.8) is 0 Å². The lowest BCUT2D eigenvalue weighted by atomic mass is 9.77. The van der Waals surface area contributed by atoms with Crippen molar-refractivity contribution in [1.82, 2.24) is 0 Å². The lowest BCUT2D eigenvalue weighted by Crippen LogP contribution is -2.24. The summed E-state index contributed by atoms with van der Waals surface area (Å²) in [6.07, 6.45) is 0. The van der Waals surface area contributed by atoms with Crippen molar-refractivity contribution in [3.05, 3.63) is 107 Å². The van der Waals surface area contributed by atoms with E-state index in [9.17, 15) is 9.59 Å². The Kier molecular flexibility index (Phi) is 57.7. The maximum atomic E-state index is 14.9. The zero-order valence-electron chi connectivity index (χ0n) is 78.5.